The van der Waals surface area contributed by atoms with Crippen LogP contribution in [0.2, 0.25) is 5.02 Å². The molecule has 1 aromatic carbocycles. The van der Waals surface area contributed by atoms with E-state index < -0.39 is 0 Å². The fourth-order valence-electron chi connectivity index (χ4n) is 2.68. The van der Waals surface area contributed by atoms with Crippen molar-refractivity contribution >= 4 is 23.6 Å². The maximum absolute atomic E-state index is 12.3. The molecule has 0 saturated carbocycles. The van der Waals surface area contributed by atoms with E-state index in [9.17, 15) is 4.79 Å². The minimum absolute atomic E-state index is 0.106. The summed E-state index contributed by atoms with van der Waals surface area (Å²) >= 11 is 5.84. The number of carbonyl (C=O) groups excluding carboxylic acids is 1. The second-order valence-electron chi connectivity index (χ2n) is 5.26. The molecule has 2 unspecified atom stereocenters. The average Bonchev–Trinajstić information content (AvgIpc) is 2.38. The number of piperidine rings is 1. The van der Waals surface area contributed by atoms with Crippen molar-refractivity contribution in [2.45, 2.75) is 45.2 Å². The second kappa shape index (κ2) is 6.25. The largest absolute Gasteiger partial charge is 0.334 e. The Balaban J connectivity index is 2.05. The number of carbonyl (C=O) groups is 1. The van der Waals surface area contributed by atoms with Crippen molar-refractivity contribution in [3.63, 3.8) is 0 Å². The van der Waals surface area contributed by atoms with Gasteiger partial charge in [0.05, 0.1) is 0 Å². The first kappa shape index (κ1) is 14.1. The molecule has 1 aliphatic heterocycles. The van der Waals surface area contributed by atoms with Gasteiger partial charge in [0.1, 0.15) is 0 Å². The molecule has 2 atom stereocenters. The number of hydrogen-bond donors (Lipinski definition) is 0. The summed E-state index contributed by atoms with van der Waals surface area (Å²) in [5.41, 5.74) is 0.995. The lowest BCUT2D eigenvalue weighted by atomic mass is 9.97. The highest BCUT2D eigenvalue weighted by Gasteiger charge is 2.27. The molecule has 1 fully saturated rings. The van der Waals surface area contributed by atoms with Crippen LogP contribution in [0.1, 0.15) is 38.7 Å². The summed E-state index contributed by atoms with van der Waals surface area (Å²) < 4.78 is 0. The molecule has 0 aromatic heterocycles. The summed E-state index contributed by atoms with van der Waals surface area (Å²) in [6.45, 7) is 4.26. The average molecular weight is 278 g/mol. The van der Waals surface area contributed by atoms with Gasteiger partial charge in [-0.15, -0.1) is 0 Å². The lowest BCUT2D eigenvalue weighted by Gasteiger charge is -2.38. The van der Waals surface area contributed by atoms with Crippen molar-refractivity contribution in [2.24, 2.45) is 0 Å². The third-order valence-corrected chi connectivity index (χ3v) is 3.99. The Hall–Kier alpha value is -1.28. The highest BCUT2D eigenvalue weighted by molar-refractivity contribution is 6.30. The molecule has 1 heterocycles. The van der Waals surface area contributed by atoms with Gasteiger partial charge >= 0.3 is 0 Å². The van der Waals surface area contributed by atoms with Crippen LogP contribution in [-0.4, -0.2) is 22.9 Å². The number of rotatable bonds is 2. The van der Waals surface area contributed by atoms with E-state index in [2.05, 4.69) is 13.8 Å². The predicted octanol–water partition coefficient (Wildman–Crippen LogP) is 4.14. The van der Waals surface area contributed by atoms with Crippen LogP contribution in [0.3, 0.4) is 0 Å². The van der Waals surface area contributed by atoms with Crippen molar-refractivity contribution in [2.75, 3.05) is 0 Å². The van der Waals surface area contributed by atoms with Crippen molar-refractivity contribution in [3.05, 3.63) is 40.9 Å². The zero-order valence-corrected chi connectivity index (χ0v) is 12.2. The van der Waals surface area contributed by atoms with Crippen LogP contribution in [0.25, 0.3) is 6.08 Å². The Morgan fingerprint density at radius 1 is 1.21 bits per heavy atom. The van der Waals surface area contributed by atoms with E-state index in [1.54, 1.807) is 6.08 Å². The third kappa shape index (κ3) is 3.60. The summed E-state index contributed by atoms with van der Waals surface area (Å²) in [5, 5.41) is 0.710. The minimum Gasteiger partial charge on any atom is -0.334 e. The maximum Gasteiger partial charge on any atom is 0.247 e. The Bertz CT molecular complexity index is 456. The number of amides is 1. The first-order valence-electron chi connectivity index (χ1n) is 6.84. The van der Waals surface area contributed by atoms with Crippen LogP contribution < -0.4 is 0 Å². The molecule has 0 bridgehead atoms. The van der Waals surface area contributed by atoms with Gasteiger partial charge in [0.2, 0.25) is 5.91 Å². The summed E-state index contributed by atoms with van der Waals surface area (Å²) in [7, 11) is 0. The molecule has 1 saturated heterocycles. The highest BCUT2D eigenvalue weighted by Crippen LogP contribution is 2.23. The number of nitrogens with zero attached hydrogens (tertiary/aromatic N) is 1. The van der Waals surface area contributed by atoms with Gasteiger partial charge in [-0.3, -0.25) is 4.79 Å². The molecule has 0 aliphatic carbocycles. The molecular formula is C16H20ClNO. The summed E-state index contributed by atoms with van der Waals surface area (Å²) in [4.78, 5) is 14.3. The Morgan fingerprint density at radius 3 is 2.37 bits per heavy atom. The Kier molecular flexibility index (Phi) is 4.65. The van der Waals surface area contributed by atoms with Gasteiger partial charge < -0.3 is 4.90 Å². The first-order chi connectivity index (χ1) is 9.08. The number of likely N-dealkylation sites (tertiary alicyclic amines) is 1. The van der Waals surface area contributed by atoms with Crippen molar-refractivity contribution in [1.29, 1.82) is 0 Å². The molecule has 1 amide bonds. The summed E-state index contributed by atoms with van der Waals surface area (Å²) in [5.74, 6) is 0.106. The molecule has 2 nitrogen and oxygen atoms in total. The van der Waals surface area contributed by atoms with Crippen molar-refractivity contribution in [3.8, 4) is 0 Å². The molecule has 1 aliphatic rings. The molecule has 2 rings (SSSR count). The lowest BCUT2D eigenvalue weighted by molar-refractivity contribution is -0.131. The van der Waals surface area contributed by atoms with Gasteiger partial charge in [-0.05, 0) is 56.9 Å². The van der Waals surface area contributed by atoms with Gasteiger partial charge in [-0.25, -0.2) is 0 Å². The van der Waals surface area contributed by atoms with Crippen LogP contribution in [0.5, 0.6) is 0 Å². The van der Waals surface area contributed by atoms with Crippen LogP contribution in [0.15, 0.2) is 30.3 Å². The summed E-state index contributed by atoms with van der Waals surface area (Å²) in [6.07, 6.45) is 6.94. The normalized spacial score (nSPS) is 23.8. The predicted molar refractivity (Wildman–Crippen MR) is 80.1 cm³/mol. The molecular weight excluding hydrogens is 258 g/mol. The fraction of sp³-hybridized carbons (Fsp3) is 0.438. The van der Waals surface area contributed by atoms with E-state index in [-0.39, 0.29) is 5.91 Å². The van der Waals surface area contributed by atoms with Gasteiger partial charge in [0, 0.05) is 23.2 Å². The number of benzene rings is 1. The second-order valence-corrected chi connectivity index (χ2v) is 5.70. The van der Waals surface area contributed by atoms with Crippen molar-refractivity contribution < 1.29 is 4.79 Å². The molecule has 19 heavy (non-hydrogen) atoms. The van der Waals surface area contributed by atoms with Gasteiger partial charge in [0.15, 0.2) is 0 Å². The molecule has 0 spiro atoms. The fourth-order valence-corrected chi connectivity index (χ4v) is 2.81. The van der Waals surface area contributed by atoms with E-state index in [0.29, 0.717) is 17.1 Å². The topological polar surface area (TPSA) is 20.3 Å². The monoisotopic (exact) mass is 277 g/mol. The smallest absolute Gasteiger partial charge is 0.247 e. The molecule has 3 heteroatoms. The van der Waals surface area contributed by atoms with Crippen LogP contribution in [-0.2, 0) is 4.79 Å². The Labute approximate surface area is 120 Å². The van der Waals surface area contributed by atoms with Crippen LogP contribution in [0.4, 0.5) is 0 Å². The van der Waals surface area contributed by atoms with E-state index in [1.165, 1.54) is 6.42 Å². The first-order valence-corrected chi connectivity index (χ1v) is 7.21. The highest BCUT2D eigenvalue weighted by atomic mass is 35.5. The zero-order valence-electron chi connectivity index (χ0n) is 11.5. The molecule has 1 aromatic rings. The van der Waals surface area contributed by atoms with Gasteiger partial charge in [-0.2, -0.15) is 0 Å². The van der Waals surface area contributed by atoms with Gasteiger partial charge in [-0.1, -0.05) is 23.7 Å². The van der Waals surface area contributed by atoms with Crippen molar-refractivity contribution in [1.82, 2.24) is 4.90 Å². The molecule has 0 N–H and O–H groups in total. The SMILES string of the molecule is CC1CCCC(C)N1C(=O)C=Cc1ccc(Cl)cc1. The lowest BCUT2D eigenvalue weighted by Crippen LogP contribution is -2.46. The van der Waals surface area contributed by atoms with E-state index >= 15 is 0 Å². The molecule has 102 valence electrons. The maximum atomic E-state index is 12.3. The standard InChI is InChI=1S/C16H20ClNO/c1-12-4-3-5-13(2)18(12)16(19)11-8-14-6-9-15(17)10-7-14/h6-13H,3-5H2,1-2H3. The minimum atomic E-state index is 0.106. The number of hydrogen-bond acceptors (Lipinski definition) is 1. The number of halogens is 1. The third-order valence-electron chi connectivity index (χ3n) is 3.74. The zero-order chi connectivity index (χ0) is 13.8. The van der Waals surface area contributed by atoms with Crippen LogP contribution in [0, 0.1) is 0 Å². The van der Waals surface area contributed by atoms with Gasteiger partial charge in [0.25, 0.3) is 0 Å². The summed E-state index contributed by atoms with van der Waals surface area (Å²) in [6, 6.07) is 8.16. The quantitative estimate of drug-likeness (QED) is 0.744. The van der Waals surface area contributed by atoms with E-state index in [0.717, 1.165) is 18.4 Å². The van der Waals surface area contributed by atoms with E-state index in [1.807, 2.05) is 35.2 Å². The molecule has 0 radical (unpaired) electrons. The van der Waals surface area contributed by atoms with Crippen LogP contribution >= 0.6 is 11.6 Å². The van der Waals surface area contributed by atoms with E-state index in [4.69, 9.17) is 11.6 Å². The Morgan fingerprint density at radius 2 is 1.79 bits per heavy atom.